The van der Waals surface area contributed by atoms with Gasteiger partial charge in [-0.2, -0.15) is 0 Å². The molecule has 0 aromatic heterocycles. The average Bonchev–Trinajstić information content (AvgIpc) is 2.42. The van der Waals surface area contributed by atoms with Gasteiger partial charge in [-0.15, -0.1) is 0 Å². The zero-order chi connectivity index (χ0) is 17.1. The molecule has 2 fully saturated rings. The van der Waals surface area contributed by atoms with Gasteiger partial charge in [-0.1, -0.05) is 13.8 Å². The highest BCUT2D eigenvalue weighted by atomic mass is 32.2. The Bertz CT molecular complexity index is 509. The topological polar surface area (TPSA) is 96.5 Å². The van der Waals surface area contributed by atoms with Crippen LogP contribution in [0, 0.1) is 11.3 Å². The molecule has 0 unspecified atom stereocenters. The van der Waals surface area contributed by atoms with Crippen molar-refractivity contribution >= 4 is 16.1 Å². The van der Waals surface area contributed by atoms with Crippen molar-refractivity contribution in [1.29, 1.82) is 0 Å². The molecule has 7 nitrogen and oxygen atoms in total. The fourth-order valence-corrected chi connectivity index (χ4v) is 4.10. The molecule has 3 N–H and O–H groups in total. The van der Waals surface area contributed by atoms with Gasteiger partial charge in [0, 0.05) is 31.8 Å². The summed E-state index contributed by atoms with van der Waals surface area (Å²) >= 11 is 0. The van der Waals surface area contributed by atoms with Gasteiger partial charge in [0.1, 0.15) is 0 Å². The summed E-state index contributed by atoms with van der Waals surface area (Å²) in [5.74, 6) is 0.559. The van der Waals surface area contributed by atoms with E-state index in [2.05, 4.69) is 29.2 Å². The molecule has 0 radical (unpaired) electrons. The number of rotatable bonds is 6. The second-order valence-electron chi connectivity index (χ2n) is 7.46. The van der Waals surface area contributed by atoms with Crippen LogP contribution in [0.5, 0.6) is 0 Å². The van der Waals surface area contributed by atoms with Crippen molar-refractivity contribution in [2.45, 2.75) is 51.6 Å². The first kappa shape index (κ1) is 18.5. The Morgan fingerprint density at radius 2 is 1.78 bits per heavy atom. The Balaban J connectivity index is 1.66. The molecule has 8 heteroatoms. The molecule has 0 bridgehead atoms. The molecule has 2 amide bonds. The van der Waals surface area contributed by atoms with Gasteiger partial charge in [0.25, 0.3) is 0 Å². The van der Waals surface area contributed by atoms with Crippen LogP contribution in [0.4, 0.5) is 4.79 Å². The van der Waals surface area contributed by atoms with Crippen LogP contribution in [0.15, 0.2) is 0 Å². The monoisotopic (exact) mass is 347 g/mol. The van der Waals surface area contributed by atoms with E-state index in [1.54, 1.807) is 0 Å². The summed E-state index contributed by atoms with van der Waals surface area (Å²) in [4.78, 5) is 12.0. The van der Waals surface area contributed by atoms with Gasteiger partial charge >= 0.3 is 6.03 Å². The second-order valence-corrected chi connectivity index (χ2v) is 9.24. The van der Waals surface area contributed by atoms with Gasteiger partial charge in [-0.3, -0.25) is 0 Å². The van der Waals surface area contributed by atoms with E-state index in [9.17, 15) is 13.2 Å². The van der Waals surface area contributed by atoms with E-state index in [4.69, 9.17) is 4.74 Å². The van der Waals surface area contributed by atoms with E-state index < -0.39 is 10.0 Å². The van der Waals surface area contributed by atoms with E-state index in [0.29, 0.717) is 25.3 Å². The Kier molecular flexibility index (Phi) is 5.91. The Hall–Kier alpha value is -0.860. The number of carbonyl (C=O) groups is 1. The zero-order valence-electron chi connectivity index (χ0n) is 14.2. The van der Waals surface area contributed by atoms with Crippen molar-refractivity contribution in [1.82, 2.24) is 15.4 Å². The normalized spacial score (nSPS) is 26.4. The first-order valence-corrected chi connectivity index (χ1v) is 10.1. The number of urea groups is 1. The van der Waals surface area contributed by atoms with Gasteiger partial charge in [0.15, 0.2) is 0 Å². The number of carbonyl (C=O) groups excluding carboxylic acids is 1. The predicted molar refractivity (Wildman–Crippen MR) is 88.6 cm³/mol. The van der Waals surface area contributed by atoms with Crippen molar-refractivity contribution in [3.05, 3.63) is 0 Å². The molecule has 1 saturated heterocycles. The number of nitrogens with one attached hydrogen (secondary N) is 3. The number of sulfonamides is 1. The highest BCUT2D eigenvalue weighted by Gasteiger charge is 2.34. The lowest BCUT2D eigenvalue weighted by Gasteiger charge is -2.38. The summed E-state index contributed by atoms with van der Waals surface area (Å²) in [6, 6.07) is -0.192. The third-order valence-electron chi connectivity index (χ3n) is 4.89. The van der Waals surface area contributed by atoms with Crippen molar-refractivity contribution in [2.75, 3.05) is 26.0 Å². The molecule has 1 saturated carbocycles. The largest absolute Gasteiger partial charge is 0.381 e. The Morgan fingerprint density at radius 3 is 2.35 bits per heavy atom. The molecule has 0 aromatic carbocycles. The number of hydrogen-bond acceptors (Lipinski definition) is 4. The molecule has 23 heavy (non-hydrogen) atoms. The lowest BCUT2D eigenvalue weighted by atomic mass is 9.74. The zero-order valence-corrected chi connectivity index (χ0v) is 15.0. The molecule has 0 spiro atoms. The SMILES string of the molecule is CC(C)(CNC(=O)NC1CC(NS(C)(=O)=O)C1)C1CCOCC1. The maximum atomic E-state index is 12.0. The fourth-order valence-electron chi connectivity index (χ4n) is 3.30. The quantitative estimate of drug-likeness (QED) is 0.663. The maximum absolute atomic E-state index is 12.0. The fraction of sp³-hybridized carbons (Fsp3) is 0.933. The molecule has 2 aliphatic rings. The van der Waals surface area contributed by atoms with Gasteiger partial charge in [-0.05, 0) is 37.0 Å². The lowest BCUT2D eigenvalue weighted by Crippen LogP contribution is -2.56. The molecule has 0 atom stereocenters. The van der Waals surface area contributed by atoms with Crippen LogP contribution >= 0.6 is 0 Å². The van der Waals surface area contributed by atoms with Crippen LogP contribution < -0.4 is 15.4 Å². The van der Waals surface area contributed by atoms with Crippen LogP contribution in [-0.4, -0.2) is 52.5 Å². The summed E-state index contributed by atoms with van der Waals surface area (Å²) in [7, 11) is -3.17. The van der Waals surface area contributed by atoms with Crippen molar-refractivity contribution < 1.29 is 17.9 Å². The van der Waals surface area contributed by atoms with Crippen molar-refractivity contribution in [3.8, 4) is 0 Å². The van der Waals surface area contributed by atoms with Crippen molar-refractivity contribution in [3.63, 3.8) is 0 Å². The maximum Gasteiger partial charge on any atom is 0.315 e. The third kappa shape index (κ3) is 5.93. The molecule has 2 rings (SSSR count). The number of amides is 2. The lowest BCUT2D eigenvalue weighted by molar-refractivity contribution is 0.0236. The van der Waals surface area contributed by atoms with Gasteiger partial charge in [0.2, 0.25) is 10.0 Å². The van der Waals surface area contributed by atoms with Crippen LogP contribution in [0.1, 0.15) is 39.5 Å². The molecular weight excluding hydrogens is 318 g/mol. The molecule has 0 aromatic rings. The second kappa shape index (κ2) is 7.36. The third-order valence-corrected chi connectivity index (χ3v) is 5.65. The highest BCUT2D eigenvalue weighted by Crippen LogP contribution is 2.33. The van der Waals surface area contributed by atoms with Gasteiger partial charge in [-0.25, -0.2) is 17.9 Å². The Morgan fingerprint density at radius 1 is 1.17 bits per heavy atom. The van der Waals surface area contributed by atoms with Crippen LogP contribution in [0.25, 0.3) is 0 Å². The summed E-state index contributed by atoms with van der Waals surface area (Å²) < 4.78 is 30.2. The van der Waals surface area contributed by atoms with E-state index >= 15 is 0 Å². The van der Waals surface area contributed by atoms with Crippen LogP contribution in [0.2, 0.25) is 0 Å². The predicted octanol–water partition coefficient (Wildman–Crippen LogP) is 0.819. The first-order valence-electron chi connectivity index (χ1n) is 8.25. The standard InChI is InChI=1S/C15H29N3O4S/c1-15(2,11-4-6-22-7-5-11)10-16-14(19)17-12-8-13(9-12)18-23(3,20)21/h11-13,18H,4-10H2,1-3H3,(H2,16,17,19). The molecule has 1 aliphatic heterocycles. The van der Waals surface area contributed by atoms with E-state index in [1.165, 1.54) is 0 Å². The summed E-state index contributed by atoms with van der Waals surface area (Å²) in [5.41, 5.74) is 0.0428. The number of hydrogen-bond donors (Lipinski definition) is 3. The van der Waals surface area contributed by atoms with Crippen LogP contribution in [0.3, 0.4) is 0 Å². The molecule has 1 heterocycles. The van der Waals surface area contributed by atoms with Crippen LogP contribution in [-0.2, 0) is 14.8 Å². The van der Waals surface area contributed by atoms with Gasteiger partial charge in [0.05, 0.1) is 6.26 Å². The average molecular weight is 347 g/mol. The minimum absolute atomic E-state index is 0.0421. The first-order chi connectivity index (χ1) is 10.7. The van der Waals surface area contributed by atoms with Gasteiger partial charge < -0.3 is 15.4 Å². The van der Waals surface area contributed by atoms with E-state index in [1.807, 2.05) is 0 Å². The minimum Gasteiger partial charge on any atom is -0.381 e. The molecule has 1 aliphatic carbocycles. The summed E-state index contributed by atoms with van der Waals surface area (Å²) in [6.07, 6.45) is 4.52. The molecule has 134 valence electrons. The van der Waals surface area contributed by atoms with Crippen molar-refractivity contribution in [2.24, 2.45) is 11.3 Å². The Labute approximate surface area is 139 Å². The summed E-state index contributed by atoms with van der Waals surface area (Å²) in [6.45, 7) is 6.59. The van der Waals surface area contributed by atoms with E-state index in [0.717, 1.165) is 32.3 Å². The van der Waals surface area contributed by atoms with E-state index in [-0.39, 0.29) is 23.5 Å². The minimum atomic E-state index is -3.17. The number of ether oxygens (including phenoxy) is 1. The molecular formula is C15H29N3O4S. The highest BCUT2D eigenvalue weighted by molar-refractivity contribution is 7.88. The smallest absolute Gasteiger partial charge is 0.315 e. The summed E-state index contributed by atoms with van der Waals surface area (Å²) in [5, 5.41) is 5.85.